The van der Waals surface area contributed by atoms with Crippen molar-refractivity contribution in [1.29, 1.82) is 5.26 Å². The second-order valence-electron chi connectivity index (χ2n) is 3.37. The van der Waals surface area contributed by atoms with Crippen LogP contribution in [0.25, 0.3) is 0 Å². The van der Waals surface area contributed by atoms with Crippen molar-refractivity contribution < 1.29 is 9.52 Å². The first-order valence-corrected chi connectivity index (χ1v) is 4.60. The number of nitriles is 1. The van der Waals surface area contributed by atoms with Gasteiger partial charge in [0.05, 0.1) is 22.2 Å². The van der Waals surface area contributed by atoms with E-state index in [2.05, 4.69) is 15.9 Å². The fraction of sp³-hybridized carbons (Fsp3) is 0.444. The van der Waals surface area contributed by atoms with Crippen molar-refractivity contribution in [2.75, 3.05) is 0 Å². The van der Waals surface area contributed by atoms with Crippen LogP contribution in [0.1, 0.15) is 25.7 Å². The number of aliphatic hydroxyl groups excluding tert-OH is 1. The van der Waals surface area contributed by atoms with Crippen LogP contribution in [0, 0.1) is 16.7 Å². The van der Waals surface area contributed by atoms with E-state index in [1.807, 2.05) is 6.07 Å². The number of rotatable bonds is 2. The Hall–Kier alpha value is -0.790. The van der Waals surface area contributed by atoms with Gasteiger partial charge in [0.1, 0.15) is 11.9 Å². The van der Waals surface area contributed by atoms with E-state index in [1.54, 1.807) is 19.9 Å². The first-order valence-electron chi connectivity index (χ1n) is 3.81. The molecule has 1 rings (SSSR count). The summed E-state index contributed by atoms with van der Waals surface area (Å²) in [5, 5.41) is 18.6. The lowest BCUT2D eigenvalue weighted by molar-refractivity contribution is 0.0648. The van der Waals surface area contributed by atoms with E-state index in [0.29, 0.717) is 10.2 Å². The third-order valence-corrected chi connectivity index (χ3v) is 2.52. The Kier molecular flexibility index (Phi) is 2.79. The van der Waals surface area contributed by atoms with Crippen LogP contribution >= 0.6 is 15.9 Å². The SMILES string of the molecule is CC(C)(C#N)C(O)c1occc1Br. The van der Waals surface area contributed by atoms with Crippen LogP contribution in [-0.2, 0) is 0 Å². The molecule has 1 aromatic heterocycles. The summed E-state index contributed by atoms with van der Waals surface area (Å²) < 4.78 is 5.75. The first kappa shape index (κ1) is 10.3. The lowest BCUT2D eigenvalue weighted by atomic mass is 9.87. The van der Waals surface area contributed by atoms with Gasteiger partial charge in [-0.2, -0.15) is 5.26 Å². The van der Waals surface area contributed by atoms with Crippen LogP contribution in [0.15, 0.2) is 21.2 Å². The maximum absolute atomic E-state index is 9.77. The average molecular weight is 244 g/mol. The molecule has 0 aliphatic rings. The summed E-state index contributed by atoms with van der Waals surface area (Å²) >= 11 is 3.23. The topological polar surface area (TPSA) is 57.2 Å². The van der Waals surface area contributed by atoms with Crippen LogP contribution in [0.4, 0.5) is 0 Å². The van der Waals surface area contributed by atoms with Crippen LogP contribution in [-0.4, -0.2) is 5.11 Å². The molecule has 0 aromatic carbocycles. The zero-order valence-electron chi connectivity index (χ0n) is 7.41. The van der Waals surface area contributed by atoms with Crippen LogP contribution in [0.2, 0.25) is 0 Å². The van der Waals surface area contributed by atoms with Gasteiger partial charge >= 0.3 is 0 Å². The Balaban J connectivity index is 3.00. The first-order chi connectivity index (χ1) is 5.99. The van der Waals surface area contributed by atoms with Gasteiger partial charge in [0.2, 0.25) is 0 Å². The van der Waals surface area contributed by atoms with Gasteiger partial charge in [-0.05, 0) is 35.8 Å². The molecule has 4 heteroatoms. The molecule has 1 N–H and O–H groups in total. The Morgan fingerprint density at radius 2 is 2.31 bits per heavy atom. The van der Waals surface area contributed by atoms with Crippen molar-refractivity contribution in [3.05, 3.63) is 22.6 Å². The zero-order valence-corrected chi connectivity index (χ0v) is 9.00. The largest absolute Gasteiger partial charge is 0.465 e. The van der Waals surface area contributed by atoms with Crippen molar-refractivity contribution >= 4 is 15.9 Å². The van der Waals surface area contributed by atoms with E-state index in [1.165, 1.54) is 6.26 Å². The van der Waals surface area contributed by atoms with E-state index >= 15 is 0 Å². The quantitative estimate of drug-likeness (QED) is 0.869. The van der Waals surface area contributed by atoms with Gasteiger partial charge < -0.3 is 9.52 Å². The highest BCUT2D eigenvalue weighted by molar-refractivity contribution is 9.10. The standard InChI is InChI=1S/C9H10BrNO2/c1-9(2,5-11)8(12)7-6(10)3-4-13-7/h3-4,8,12H,1-2H3. The van der Waals surface area contributed by atoms with Gasteiger partial charge in [0.25, 0.3) is 0 Å². The number of halogens is 1. The smallest absolute Gasteiger partial charge is 0.148 e. The molecule has 3 nitrogen and oxygen atoms in total. The minimum Gasteiger partial charge on any atom is -0.465 e. The number of hydrogen-bond donors (Lipinski definition) is 1. The molecule has 0 bridgehead atoms. The molecule has 0 saturated carbocycles. The summed E-state index contributed by atoms with van der Waals surface area (Å²) in [4.78, 5) is 0. The zero-order chi connectivity index (χ0) is 10.1. The van der Waals surface area contributed by atoms with Gasteiger partial charge in [0.15, 0.2) is 0 Å². The number of aliphatic hydroxyl groups is 1. The van der Waals surface area contributed by atoms with Gasteiger partial charge in [0, 0.05) is 0 Å². The third kappa shape index (κ3) is 1.93. The number of hydrogen-bond acceptors (Lipinski definition) is 3. The average Bonchev–Trinajstić information content (AvgIpc) is 2.50. The Morgan fingerprint density at radius 3 is 2.69 bits per heavy atom. The highest BCUT2D eigenvalue weighted by atomic mass is 79.9. The molecular weight excluding hydrogens is 234 g/mol. The van der Waals surface area contributed by atoms with E-state index in [-0.39, 0.29) is 0 Å². The van der Waals surface area contributed by atoms with Gasteiger partial charge in [-0.3, -0.25) is 0 Å². The molecule has 13 heavy (non-hydrogen) atoms. The monoisotopic (exact) mass is 243 g/mol. The van der Waals surface area contributed by atoms with Crippen molar-refractivity contribution in [3.63, 3.8) is 0 Å². The summed E-state index contributed by atoms with van der Waals surface area (Å²) in [5.41, 5.74) is -0.847. The molecule has 1 heterocycles. The van der Waals surface area contributed by atoms with Crippen molar-refractivity contribution in [1.82, 2.24) is 0 Å². The molecule has 70 valence electrons. The summed E-state index contributed by atoms with van der Waals surface area (Å²) in [6.45, 7) is 3.32. The van der Waals surface area contributed by atoms with E-state index in [9.17, 15) is 5.11 Å². The fourth-order valence-corrected chi connectivity index (χ4v) is 1.31. The predicted octanol–water partition coefficient (Wildman–Crippen LogP) is 2.63. The van der Waals surface area contributed by atoms with Crippen molar-refractivity contribution in [3.8, 4) is 6.07 Å². The number of nitrogens with zero attached hydrogens (tertiary/aromatic N) is 1. The Labute approximate surface area is 85.1 Å². The summed E-state index contributed by atoms with van der Waals surface area (Å²) in [5.74, 6) is 0.395. The normalized spacial score (nSPS) is 13.8. The van der Waals surface area contributed by atoms with Crippen LogP contribution in [0.3, 0.4) is 0 Å². The van der Waals surface area contributed by atoms with E-state index in [4.69, 9.17) is 9.68 Å². The Bertz CT molecular complexity index is 338. The molecule has 0 fully saturated rings. The highest BCUT2D eigenvalue weighted by Crippen LogP contribution is 2.36. The van der Waals surface area contributed by atoms with Gasteiger partial charge in [-0.15, -0.1) is 0 Å². The molecule has 0 saturated heterocycles. The molecular formula is C9H10BrNO2. The molecule has 1 atom stereocenters. The summed E-state index contributed by atoms with van der Waals surface area (Å²) in [6.07, 6.45) is 0.553. The fourth-order valence-electron chi connectivity index (χ4n) is 0.889. The predicted molar refractivity (Wildman–Crippen MR) is 50.8 cm³/mol. The molecule has 0 aliphatic carbocycles. The molecule has 0 radical (unpaired) electrons. The maximum Gasteiger partial charge on any atom is 0.148 e. The Morgan fingerprint density at radius 1 is 1.69 bits per heavy atom. The van der Waals surface area contributed by atoms with Gasteiger partial charge in [-0.25, -0.2) is 0 Å². The second kappa shape index (κ2) is 3.52. The summed E-state index contributed by atoms with van der Waals surface area (Å²) in [6, 6.07) is 3.71. The molecule has 1 unspecified atom stereocenters. The van der Waals surface area contributed by atoms with Crippen molar-refractivity contribution in [2.24, 2.45) is 5.41 Å². The lowest BCUT2D eigenvalue weighted by Gasteiger charge is -2.20. The molecule has 0 aliphatic heterocycles. The summed E-state index contributed by atoms with van der Waals surface area (Å²) in [7, 11) is 0. The van der Waals surface area contributed by atoms with Crippen LogP contribution < -0.4 is 0 Å². The minimum atomic E-state index is -0.915. The molecule has 0 amide bonds. The molecule has 1 aromatic rings. The van der Waals surface area contributed by atoms with E-state index < -0.39 is 11.5 Å². The van der Waals surface area contributed by atoms with Crippen molar-refractivity contribution in [2.45, 2.75) is 20.0 Å². The number of furan rings is 1. The van der Waals surface area contributed by atoms with Gasteiger partial charge in [-0.1, -0.05) is 0 Å². The highest BCUT2D eigenvalue weighted by Gasteiger charge is 2.32. The van der Waals surface area contributed by atoms with E-state index in [0.717, 1.165) is 0 Å². The third-order valence-electron chi connectivity index (χ3n) is 1.86. The maximum atomic E-state index is 9.77. The molecule has 0 spiro atoms. The lowest BCUT2D eigenvalue weighted by Crippen LogP contribution is -2.19. The van der Waals surface area contributed by atoms with Crippen LogP contribution in [0.5, 0.6) is 0 Å². The second-order valence-corrected chi connectivity index (χ2v) is 4.22. The minimum absolute atomic E-state index is 0.395.